The summed E-state index contributed by atoms with van der Waals surface area (Å²) in [5.41, 5.74) is 0. The smallest absolute Gasteiger partial charge is 0.225 e. The van der Waals surface area contributed by atoms with Crippen LogP contribution in [0, 0.1) is 11.8 Å². The molecule has 1 N–H and O–H groups in total. The van der Waals surface area contributed by atoms with Crippen molar-refractivity contribution < 1.29 is 4.79 Å². The molecule has 1 aliphatic heterocycles. The molecule has 0 aromatic rings. The second kappa shape index (κ2) is 5.35. The van der Waals surface area contributed by atoms with Crippen molar-refractivity contribution in [3.05, 3.63) is 0 Å². The van der Waals surface area contributed by atoms with E-state index in [1.54, 1.807) is 0 Å². The number of likely N-dealkylation sites (tertiary alicyclic amines) is 1. The molecule has 3 nitrogen and oxygen atoms in total. The van der Waals surface area contributed by atoms with Gasteiger partial charge in [0.2, 0.25) is 5.91 Å². The Balaban J connectivity index is 2.37. The lowest BCUT2D eigenvalue weighted by Crippen LogP contribution is -2.34. The van der Waals surface area contributed by atoms with Crippen LogP contribution in [0.3, 0.4) is 0 Å². The van der Waals surface area contributed by atoms with Gasteiger partial charge in [0.25, 0.3) is 0 Å². The van der Waals surface area contributed by atoms with Crippen molar-refractivity contribution in [2.24, 2.45) is 11.8 Å². The summed E-state index contributed by atoms with van der Waals surface area (Å²) < 4.78 is 0. The molecule has 1 rings (SSSR count). The molecule has 82 valence electrons. The van der Waals surface area contributed by atoms with Crippen molar-refractivity contribution in [2.45, 2.75) is 26.7 Å². The fourth-order valence-corrected chi connectivity index (χ4v) is 1.97. The number of nitrogens with one attached hydrogen (secondary N) is 1. The van der Waals surface area contributed by atoms with E-state index in [9.17, 15) is 4.79 Å². The van der Waals surface area contributed by atoms with Gasteiger partial charge in [0.1, 0.15) is 0 Å². The third-order valence-corrected chi connectivity index (χ3v) is 3.12. The van der Waals surface area contributed by atoms with Gasteiger partial charge in [-0.1, -0.05) is 13.8 Å². The Kier molecular flexibility index (Phi) is 4.39. The summed E-state index contributed by atoms with van der Waals surface area (Å²) in [5.74, 6) is 1.20. The van der Waals surface area contributed by atoms with Gasteiger partial charge in [0.05, 0.1) is 0 Å². The van der Waals surface area contributed by atoms with Crippen LogP contribution < -0.4 is 5.32 Å². The predicted octanol–water partition coefficient (Wildman–Crippen LogP) is 1.10. The van der Waals surface area contributed by atoms with E-state index < -0.39 is 0 Å². The van der Waals surface area contributed by atoms with Crippen molar-refractivity contribution in [1.82, 2.24) is 10.2 Å². The van der Waals surface area contributed by atoms with Crippen LogP contribution >= 0.6 is 0 Å². The van der Waals surface area contributed by atoms with Crippen molar-refractivity contribution in [3.8, 4) is 0 Å². The fourth-order valence-electron chi connectivity index (χ4n) is 1.97. The first-order valence-electron chi connectivity index (χ1n) is 5.62. The number of nitrogens with zero attached hydrogens (tertiary/aromatic N) is 1. The highest BCUT2D eigenvalue weighted by atomic mass is 16.2. The molecule has 2 unspecified atom stereocenters. The lowest BCUT2D eigenvalue weighted by Gasteiger charge is -2.20. The fraction of sp³-hybridized carbons (Fsp3) is 0.909. The first-order chi connectivity index (χ1) is 6.69. The van der Waals surface area contributed by atoms with Crippen LogP contribution in [-0.2, 0) is 4.79 Å². The topological polar surface area (TPSA) is 32.3 Å². The zero-order valence-electron chi connectivity index (χ0n) is 9.55. The zero-order chi connectivity index (χ0) is 10.6. The first-order valence-corrected chi connectivity index (χ1v) is 5.62. The van der Waals surface area contributed by atoms with Crippen LogP contribution in [0.1, 0.15) is 26.7 Å². The Labute approximate surface area is 86.9 Å². The number of amides is 1. The molecule has 3 heteroatoms. The molecule has 1 aliphatic rings. The molecule has 1 fully saturated rings. The maximum absolute atomic E-state index is 11.8. The third kappa shape index (κ3) is 2.71. The van der Waals surface area contributed by atoms with Crippen LogP contribution in [0.4, 0.5) is 0 Å². The minimum Gasteiger partial charge on any atom is -0.342 e. The monoisotopic (exact) mass is 198 g/mol. The van der Waals surface area contributed by atoms with Gasteiger partial charge in [0, 0.05) is 19.0 Å². The molecule has 2 atom stereocenters. The molecule has 1 saturated heterocycles. The molecular formula is C11H22N2O. The summed E-state index contributed by atoms with van der Waals surface area (Å²) in [6.07, 6.45) is 2.11. The Hall–Kier alpha value is -0.570. The Bertz CT molecular complexity index is 194. The van der Waals surface area contributed by atoms with Gasteiger partial charge >= 0.3 is 0 Å². The van der Waals surface area contributed by atoms with E-state index in [4.69, 9.17) is 0 Å². The summed E-state index contributed by atoms with van der Waals surface area (Å²) in [5, 5.41) is 3.17. The molecule has 1 heterocycles. The van der Waals surface area contributed by atoms with Crippen LogP contribution in [0.5, 0.6) is 0 Å². The third-order valence-electron chi connectivity index (χ3n) is 3.12. The first kappa shape index (κ1) is 11.5. The number of hydrogen-bond donors (Lipinski definition) is 1. The Morgan fingerprint density at radius 2 is 2.36 bits per heavy atom. The normalized spacial score (nSPS) is 23.9. The van der Waals surface area contributed by atoms with Crippen molar-refractivity contribution >= 4 is 5.91 Å². The molecule has 0 radical (unpaired) electrons. The second-order valence-electron chi connectivity index (χ2n) is 4.31. The molecule has 0 bridgehead atoms. The molecule has 0 aliphatic carbocycles. The van der Waals surface area contributed by atoms with Gasteiger partial charge < -0.3 is 10.2 Å². The largest absolute Gasteiger partial charge is 0.342 e. The lowest BCUT2D eigenvalue weighted by molar-refractivity contribution is -0.134. The van der Waals surface area contributed by atoms with Crippen LogP contribution in [0.2, 0.25) is 0 Å². The van der Waals surface area contributed by atoms with Gasteiger partial charge in [-0.15, -0.1) is 0 Å². The van der Waals surface area contributed by atoms with E-state index in [-0.39, 0.29) is 5.92 Å². The molecule has 1 amide bonds. The van der Waals surface area contributed by atoms with Crippen LogP contribution in [0.15, 0.2) is 0 Å². The summed E-state index contributed by atoms with van der Waals surface area (Å²) in [6.45, 7) is 7.03. The quantitative estimate of drug-likeness (QED) is 0.733. The minimum absolute atomic E-state index is 0.198. The lowest BCUT2D eigenvalue weighted by atomic mass is 10.1. The second-order valence-corrected chi connectivity index (χ2v) is 4.31. The van der Waals surface area contributed by atoms with Gasteiger partial charge in [-0.05, 0) is 32.4 Å². The summed E-state index contributed by atoms with van der Waals surface area (Å²) in [7, 11) is 1.97. The van der Waals surface area contributed by atoms with E-state index in [2.05, 4.69) is 12.2 Å². The van der Waals surface area contributed by atoms with Crippen LogP contribution in [0.25, 0.3) is 0 Å². The zero-order valence-corrected chi connectivity index (χ0v) is 9.55. The highest BCUT2D eigenvalue weighted by molar-refractivity contribution is 5.78. The molecule has 0 saturated carbocycles. The number of hydrogen-bond acceptors (Lipinski definition) is 2. The molecular weight excluding hydrogens is 176 g/mol. The van der Waals surface area contributed by atoms with Gasteiger partial charge in [-0.25, -0.2) is 0 Å². The number of carbonyl (C=O) groups is 1. The minimum atomic E-state index is 0.198. The van der Waals surface area contributed by atoms with Gasteiger partial charge in [0.15, 0.2) is 0 Å². The average Bonchev–Trinajstić information content (AvgIpc) is 2.64. The number of carbonyl (C=O) groups excluding carboxylic acids is 1. The SMILES string of the molecule is CCC(C)C(=O)N1CCC(CNC)C1. The Morgan fingerprint density at radius 1 is 1.64 bits per heavy atom. The van der Waals surface area contributed by atoms with E-state index in [1.165, 1.54) is 0 Å². The maximum Gasteiger partial charge on any atom is 0.225 e. The van der Waals surface area contributed by atoms with Crippen molar-refractivity contribution in [3.63, 3.8) is 0 Å². The molecule has 0 aromatic carbocycles. The van der Waals surface area contributed by atoms with E-state index in [0.29, 0.717) is 11.8 Å². The van der Waals surface area contributed by atoms with E-state index in [0.717, 1.165) is 32.5 Å². The standard InChI is InChI=1S/C11H22N2O/c1-4-9(2)11(14)13-6-5-10(8-13)7-12-3/h9-10,12H,4-8H2,1-3H3. The van der Waals surface area contributed by atoms with Crippen molar-refractivity contribution in [2.75, 3.05) is 26.7 Å². The average molecular weight is 198 g/mol. The van der Waals surface area contributed by atoms with E-state index in [1.807, 2.05) is 18.9 Å². The molecule has 0 spiro atoms. The summed E-state index contributed by atoms with van der Waals surface area (Å²) in [6, 6.07) is 0. The maximum atomic E-state index is 11.8. The Morgan fingerprint density at radius 3 is 2.93 bits per heavy atom. The van der Waals surface area contributed by atoms with Gasteiger partial charge in [-0.3, -0.25) is 4.79 Å². The highest BCUT2D eigenvalue weighted by Crippen LogP contribution is 2.18. The molecule has 14 heavy (non-hydrogen) atoms. The van der Waals surface area contributed by atoms with Gasteiger partial charge in [-0.2, -0.15) is 0 Å². The molecule has 0 aromatic heterocycles. The van der Waals surface area contributed by atoms with Crippen molar-refractivity contribution in [1.29, 1.82) is 0 Å². The summed E-state index contributed by atoms with van der Waals surface area (Å²) >= 11 is 0. The predicted molar refractivity (Wildman–Crippen MR) is 58.1 cm³/mol. The highest BCUT2D eigenvalue weighted by Gasteiger charge is 2.27. The van der Waals surface area contributed by atoms with E-state index >= 15 is 0 Å². The summed E-state index contributed by atoms with van der Waals surface area (Å²) in [4.78, 5) is 13.9. The van der Waals surface area contributed by atoms with Crippen LogP contribution in [-0.4, -0.2) is 37.5 Å². The number of rotatable bonds is 4.